The summed E-state index contributed by atoms with van der Waals surface area (Å²) in [6.07, 6.45) is 5.13. The molecule has 0 aromatic heterocycles. The van der Waals surface area contributed by atoms with Crippen LogP contribution in [-0.2, 0) is 9.59 Å². The largest absolute Gasteiger partial charge is 0.481 e. The Morgan fingerprint density at radius 1 is 1.26 bits per heavy atom. The number of hydrogen-bond donors (Lipinski definition) is 3. The minimum atomic E-state index is -0.774. The van der Waals surface area contributed by atoms with E-state index in [4.69, 9.17) is 10.8 Å². The van der Waals surface area contributed by atoms with Crippen molar-refractivity contribution < 1.29 is 14.7 Å². The van der Waals surface area contributed by atoms with E-state index in [0.717, 1.165) is 32.1 Å². The number of nitrogens with two attached hydrogens (primary N) is 1. The fraction of sp³-hybridized carbons (Fsp3) is 0.857. The molecule has 1 saturated carbocycles. The third-order valence-corrected chi connectivity index (χ3v) is 4.05. The van der Waals surface area contributed by atoms with Crippen molar-refractivity contribution in [3.63, 3.8) is 0 Å². The molecule has 1 aliphatic carbocycles. The summed E-state index contributed by atoms with van der Waals surface area (Å²) in [6, 6.07) is 0. The lowest BCUT2D eigenvalue weighted by molar-refractivity contribution is -0.137. The van der Waals surface area contributed by atoms with Crippen molar-refractivity contribution in [2.45, 2.75) is 64.3 Å². The molecule has 1 fully saturated rings. The Balaban J connectivity index is 2.29. The molecule has 5 nitrogen and oxygen atoms in total. The zero-order valence-electron chi connectivity index (χ0n) is 12.0. The third-order valence-electron chi connectivity index (χ3n) is 4.05. The van der Waals surface area contributed by atoms with Crippen LogP contribution < -0.4 is 11.1 Å². The lowest BCUT2D eigenvalue weighted by Gasteiger charge is -2.26. The maximum Gasteiger partial charge on any atom is 0.303 e. The molecule has 0 spiro atoms. The number of carboxylic acid groups (broad SMARTS) is 1. The molecule has 1 amide bonds. The number of nitrogens with one attached hydrogen (secondary N) is 1. The average molecular weight is 270 g/mol. The first-order valence-electron chi connectivity index (χ1n) is 7.04. The van der Waals surface area contributed by atoms with Gasteiger partial charge in [-0.15, -0.1) is 0 Å². The monoisotopic (exact) mass is 270 g/mol. The summed E-state index contributed by atoms with van der Waals surface area (Å²) in [5.41, 5.74) is 5.31. The predicted octanol–water partition coefficient (Wildman–Crippen LogP) is 1.66. The van der Waals surface area contributed by atoms with Crippen LogP contribution in [0.2, 0.25) is 0 Å². The van der Waals surface area contributed by atoms with Crippen molar-refractivity contribution in [2.75, 3.05) is 6.54 Å². The van der Waals surface area contributed by atoms with Crippen LogP contribution in [0.15, 0.2) is 0 Å². The molecule has 1 aliphatic rings. The second-order valence-corrected chi connectivity index (χ2v) is 6.43. The maximum absolute atomic E-state index is 12.0. The van der Waals surface area contributed by atoms with Crippen molar-refractivity contribution >= 4 is 11.9 Å². The van der Waals surface area contributed by atoms with Gasteiger partial charge in [-0.1, -0.05) is 26.7 Å². The van der Waals surface area contributed by atoms with Gasteiger partial charge in [-0.05, 0) is 31.1 Å². The molecule has 0 saturated heterocycles. The van der Waals surface area contributed by atoms with E-state index in [1.54, 1.807) is 0 Å². The lowest BCUT2D eigenvalue weighted by Crippen LogP contribution is -2.52. The van der Waals surface area contributed by atoms with Crippen molar-refractivity contribution in [1.82, 2.24) is 5.32 Å². The summed E-state index contributed by atoms with van der Waals surface area (Å²) in [6.45, 7) is 4.61. The summed E-state index contributed by atoms with van der Waals surface area (Å²) < 4.78 is 0. The van der Waals surface area contributed by atoms with E-state index < -0.39 is 11.5 Å². The minimum absolute atomic E-state index is 0.0564. The molecule has 0 aliphatic heterocycles. The number of aliphatic carboxylic acids is 1. The summed E-state index contributed by atoms with van der Waals surface area (Å²) in [4.78, 5) is 22.5. The normalized spacial score (nSPS) is 18.3. The van der Waals surface area contributed by atoms with Crippen molar-refractivity contribution in [3.05, 3.63) is 0 Å². The Labute approximate surface area is 114 Å². The third kappa shape index (κ3) is 5.19. The van der Waals surface area contributed by atoms with Crippen LogP contribution in [-0.4, -0.2) is 29.1 Å². The minimum Gasteiger partial charge on any atom is -0.481 e. The molecule has 110 valence electrons. The first-order chi connectivity index (χ1) is 8.75. The first kappa shape index (κ1) is 16.0. The molecule has 0 radical (unpaired) electrons. The standard InChI is InChI=1S/C14H26N2O3/c1-13(2,8-5-11(17)18)9-10-16-12(19)14(15)6-3-4-7-14/h3-10,15H2,1-2H3,(H,16,19)(H,17,18). The molecule has 4 N–H and O–H groups in total. The van der Waals surface area contributed by atoms with E-state index >= 15 is 0 Å². The van der Waals surface area contributed by atoms with E-state index in [1.807, 2.05) is 13.8 Å². The van der Waals surface area contributed by atoms with E-state index in [9.17, 15) is 9.59 Å². The van der Waals surface area contributed by atoms with Gasteiger partial charge < -0.3 is 16.2 Å². The molecular weight excluding hydrogens is 244 g/mol. The Kier molecular flexibility index (Phi) is 5.35. The van der Waals surface area contributed by atoms with Crippen LogP contribution in [0.1, 0.15) is 58.8 Å². The number of amides is 1. The van der Waals surface area contributed by atoms with Gasteiger partial charge in [-0.2, -0.15) is 0 Å². The zero-order valence-corrected chi connectivity index (χ0v) is 12.0. The van der Waals surface area contributed by atoms with Gasteiger partial charge in [0, 0.05) is 13.0 Å². The molecule has 0 aromatic carbocycles. The molecule has 0 aromatic rings. The smallest absolute Gasteiger partial charge is 0.303 e. The van der Waals surface area contributed by atoms with Crippen molar-refractivity contribution in [1.29, 1.82) is 0 Å². The predicted molar refractivity (Wildman–Crippen MR) is 73.7 cm³/mol. The van der Waals surface area contributed by atoms with E-state index in [-0.39, 0.29) is 17.7 Å². The van der Waals surface area contributed by atoms with Crippen molar-refractivity contribution in [2.24, 2.45) is 11.1 Å². The molecule has 0 heterocycles. The van der Waals surface area contributed by atoms with Crippen LogP contribution >= 0.6 is 0 Å². The SMILES string of the molecule is CC(C)(CCNC(=O)C1(N)CCCC1)CCC(=O)O. The van der Waals surface area contributed by atoms with Crippen LogP contribution in [0, 0.1) is 5.41 Å². The Hall–Kier alpha value is -1.10. The second kappa shape index (κ2) is 6.37. The maximum atomic E-state index is 12.0. The van der Waals surface area contributed by atoms with Gasteiger partial charge in [0.15, 0.2) is 0 Å². The number of carboxylic acids is 1. The first-order valence-corrected chi connectivity index (χ1v) is 7.04. The quantitative estimate of drug-likeness (QED) is 0.656. The van der Waals surface area contributed by atoms with E-state index in [0.29, 0.717) is 13.0 Å². The van der Waals surface area contributed by atoms with Gasteiger partial charge in [-0.25, -0.2) is 0 Å². The summed E-state index contributed by atoms with van der Waals surface area (Å²) >= 11 is 0. The lowest BCUT2D eigenvalue weighted by atomic mass is 9.84. The molecule has 1 rings (SSSR count). The molecule has 5 heteroatoms. The van der Waals surface area contributed by atoms with Gasteiger partial charge in [-0.3, -0.25) is 9.59 Å². The number of carbonyl (C=O) groups excluding carboxylic acids is 1. The van der Waals surface area contributed by atoms with Gasteiger partial charge in [0.25, 0.3) is 0 Å². The molecule has 19 heavy (non-hydrogen) atoms. The van der Waals surface area contributed by atoms with E-state index in [2.05, 4.69) is 5.32 Å². The van der Waals surface area contributed by atoms with Gasteiger partial charge >= 0.3 is 5.97 Å². The topological polar surface area (TPSA) is 92.4 Å². The number of carbonyl (C=O) groups is 2. The highest BCUT2D eigenvalue weighted by atomic mass is 16.4. The summed E-state index contributed by atoms with van der Waals surface area (Å²) in [5.74, 6) is -0.831. The zero-order chi connectivity index (χ0) is 14.5. The van der Waals surface area contributed by atoms with Crippen LogP contribution in [0.3, 0.4) is 0 Å². The van der Waals surface area contributed by atoms with Gasteiger partial charge in [0.05, 0.1) is 5.54 Å². The molecule has 0 atom stereocenters. The highest BCUT2D eigenvalue weighted by Gasteiger charge is 2.36. The molecule has 0 unspecified atom stereocenters. The van der Waals surface area contributed by atoms with Crippen LogP contribution in [0.5, 0.6) is 0 Å². The second-order valence-electron chi connectivity index (χ2n) is 6.43. The Morgan fingerprint density at radius 2 is 1.84 bits per heavy atom. The fourth-order valence-electron chi connectivity index (χ4n) is 2.49. The summed E-state index contributed by atoms with van der Waals surface area (Å²) in [7, 11) is 0. The highest BCUT2D eigenvalue weighted by molar-refractivity contribution is 5.86. The van der Waals surface area contributed by atoms with Gasteiger partial charge in [0.2, 0.25) is 5.91 Å². The molecular formula is C14H26N2O3. The van der Waals surface area contributed by atoms with Crippen LogP contribution in [0.25, 0.3) is 0 Å². The fourth-order valence-corrected chi connectivity index (χ4v) is 2.49. The number of hydrogen-bond acceptors (Lipinski definition) is 3. The van der Waals surface area contributed by atoms with E-state index in [1.165, 1.54) is 0 Å². The molecule has 0 bridgehead atoms. The number of rotatable bonds is 7. The Morgan fingerprint density at radius 3 is 2.37 bits per heavy atom. The average Bonchev–Trinajstić information content (AvgIpc) is 2.75. The highest BCUT2D eigenvalue weighted by Crippen LogP contribution is 2.28. The van der Waals surface area contributed by atoms with Crippen molar-refractivity contribution in [3.8, 4) is 0 Å². The Bertz CT molecular complexity index is 334. The summed E-state index contributed by atoms with van der Waals surface area (Å²) in [5, 5.41) is 11.6. The van der Waals surface area contributed by atoms with Gasteiger partial charge in [0.1, 0.15) is 0 Å². The van der Waals surface area contributed by atoms with Crippen LogP contribution in [0.4, 0.5) is 0 Å².